The molecule has 0 heterocycles. The zero-order valence-corrected chi connectivity index (χ0v) is 78.7. The molecular formula is C103H178N4O16. The predicted molar refractivity (Wildman–Crippen MR) is 504 cm³/mol. The third kappa shape index (κ3) is 85.8. The van der Waals surface area contributed by atoms with Gasteiger partial charge < -0.3 is 53.6 Å². The maximum atomic E-state index is 14.0. The van der Waals surface area contributed by atoms with Gasteiger partial charge in [-0.25, -0.2) is 0 Å². The Morgan fingerprint density at radius 1 is 0.260 bits per heavy atom. The molecule has 0 aliphatic rings. The summed E-state index contributed by atoms with van der Waals surface area (Å²) in [4.78, 5) is 124. The van der Waals surface area contributed by atoms with E-state index in [0.29, 0.717) is 71.7 Å². The van der Waals surface area contributed by atoms with Crippen molar-refractivity contribution in [3.05, 3.63) is 97.2 Å². The van der Waals surface area contributed by atoms with Crippen LogP contribution in [0.3, 0.4) is 0 Å². The SMILES string of the molecule is CCCCC/C=C\C/C=C\CCCCCCCC(=O)OCCN(CCOC(=O)CCCCCCC/C=C\C/C=C\CCCCC)C(=O)CCCC(=O)C[C@@H](CNC(=O)CCC(=O)N(CCOC(=O)CCCCCCC/C=C\C/C=C\CCCCC)CCOC(=O)CCCCCCC/C=C\C/C=C\CCCCC)C(=O)NCCCOCCOCCOCCC. The van der Waals surface area contributed by atoms with Crippen molar-refractivity contribution in [3.63, 3.8) is 0 Å². The van der Waals surface area contributed by atoms with Crippen molar-refractivity contribution in [1.29, 1.82) is 0 Å². The highest BCUT2D eigenvalue weighted by molar-refractivity contribution is 5.88. The third-order valence-corrected chi connectivity index (χ3v) is 21.2. The fourth-order valence-electron chi connectivity index (χ4n) is 13.6. The number of allylic oxidation sites excluding steroid dienone is 16. The van der Waals surface area contributed by atoms with Gasteiger partial charge in [0.05, 0.1) is 58.5 Å². The van der Waals surface area contributed by atoms with E-state index >= 15 is 0 Å². The molecule has 0 aliphatic carbocycles. The predicted octanol–water partition coefficient (Wildman–Crippen LogP) is 23.7. The summed E-state index contributed by atoms with van der Waals surface area (Å²) in [6, 6.07) is 0. The van der Waals surface area contributed by atoms with Crippen LogP contribution in [-0.4, -0.2) is 168 Å². The monoisotopic (exact) mass is 1730 g/mol. The number of amides is 4. The van der Waals surface area contributed by atoms with E-state index in [-0.39, 0.29) is 165 Å². The Hall–Kier alpha value is -6.77. The fourth-order valence-corrected chi connectivity index (χ4v) is 13.6. The Balaban J connectivity index is 6.02. The standard InChI is InChI=1S/C103H178N4O16/c1-6-11-15-19-23-27-31-35-39-43-47-51-55-59-63-71-99(112)120-84-78-106(79-85-121-100(113)72-64-60-56-52-48-44-40-36-32-28-24-20-16-12-7-2)97(110)70-67-69-95(108)92-94(103(116)104-77-68-83-118-89-91-119-90-88-117-82-10-5)93-105-96(109)75-76-98(111)107(80-86-122-101(114)73-65-61-57-53-49-45-41-37-33-29-25-21-17-13-8-3)81-87-123-102(115)74-66-62-58-54-50-46-42-38-34-30-26-22-18-14-9-4/h23-30,35-42,94H,6-22,31-34,43-93H2,1-5H3,(H,104,116)(H,105,109)/b27-23-,28-24-,29-25-,30-26-,39-35-,40-36-,41-37-,42-38-/t94-/m0/s1. The number of unbranched alkanes of at least 4 members (excludes halogenated alkanes) is 32. The van der Waals surface area contributed by atoms with Crippen molar-refractivity contribution in [1.82, 2.24) is 20.4 Å². The fraction of sp³-hybridized carbons (Fsp3) is 0.757. The van der Waals surface area contributed by atoms with Crippen molar-refractivity contribution >= 4 is 53.3 Å². The van der Waals surface area contributed by atoms with Gasteiger partial charge in [-0.1, -0.05) is 260 Å². The lowest BCUT2D eigenvalue weighted by atomic mass is 9.98. The smallest absolute Gasteiger partial charge is 0.305 e. The Bertz CT molecular complexity index is 2670. The van der Waals surface area contributed by atoms with Crippen LogP contribution < -0.4 is 10.6 Å². The zero-order valence-electron chi connectivity index (χ0n) is 78.7. The highest BCUT2D eigenvalue weighted by atomic mass is 16.6. The molecule has 20 nitrogen and oxygen atoms in total. The van der Waals surface area contributed by atoms with Crippen LogP contribution in [0.5, 0.6) is 0 Å². The number of Topliss-reactive ketones (excluding diaryl/α,β-unsaturated/α-hetero) is 1. The average molecular weight is 1730 g/mol. The highest BCUT2D eigenvalue weighted by Crippen LogP contribution is 2.17. The minimum Gasteiger partial charge on any atom is -0.464 e. The molecule has 20 heteroatoms. The summed E-state index contributed by atoms with van der Waals surface area (Å²) in [7, 11) is 0. The molecule has 0 radical (unpaired) electrons. The molecular weight excluding hydrogens is 1550 g/mol. The van der Waals surface area contributed by atoms with Crippen molar-refractivity contribution < 1.29 is 76.3 Å². The second-order valence-electron chi connectivity index (χ2n) is 32.6. The van der Waals surface area contributed by atoms with E-state index in [4.69, 9.17) is 33.2 Å². The Morgan fingerprint density at radius 3 is 0.878 bits per heavy atom. The molecule has 706 valence electrons. The number of hydrogen-bond acceptors (Lipinski definition) is 16. The molecule has 0 aromatic carbocycles. The summed E-state index contributed by atoms with van der Waals surface area (Å²) in [5.41, 5.74) is 0. The van der Waals surface area contributed by atoms with Crippen LogP contribution in [-0.2, 0) is 76.3 Å². The topological polar surface area (TPSA) is 249 Å². The first-order chi connectivity index (χ1) is 60.3. The number of ketones is 1. The van der Waals surface area contributed by atoms with E-state index in [0.717, 1.165) is 186 Å². The quantitative estimate of drug-likeness (QED) is 0.0249. The Morgan fingerprint density at radius 2 is 0.553 bits per heavy atom. The molecule has 0 aromatic heterocycles. The lowest BCUT2D eigenvalue weighted by molar-refractivity contribution is -0.148. The molecule has 0 saturated heterocycles. The zero-order chi connectivity index (χ0) is 89.5. The van der Waals surface area contributed by atoms with Crippen LogP contribution in [0, 0.1) is 5.92 Å². The lowest BCUT2D eigenvalue weighted by Gasteiger charge is -2.23. The Labute approximate surface area is 748 Å². The van der Waals surface area contributed by atoms with Gasteiger partial charge in [0.15, 0.2) is 0 Å². The van der Waals surface area contributed by atoms with E-state index in [2.05, 4.69) is 136 Å². The van der Waals surface area contributed by atoms with Crippen LogP contribution in [0.15, 0.2) is 97.2 Å². The summed E-state index contributed by atoms with van der Waals surface area (Å²) < 4.78 is 39.2. The number of hydrogen-bond donors (Lipinski definition) is 2. The van der Waals surface area contributed by atoms with E-state index in [1.807, 2.05) is 6.92 Å². The lowest BCUT2D eigenvalue weighted by Crippen LogP contribution is -2.41. The van der Waals surface area contributed by atoms with Crippen molar-refractivity contribution in [2.24, 2.45) is 5.92 Å². The second-order valence-corrected chi connectivity index (χ2v) is 32.6. The second kappa shape index (κ2) is 94.4. The van der Waals surface area contributed by atoms with E-state index in [1.54, 1.807) is 0 Å². The molecule has 0 spiro atoms. The van der Waals surface area contributed by atoms with Gasteiger partial charge in [0.2, 0.25) is 23.6 Å². The Kier molecular flexibility index (Phi) is 89.2. The van der Waals surface area contributed by atoms with E-state index in [9.17, 15) is 43.2 Å². The van der Waals surface area contributed by atoms with Crippen LogP contribution >= 0.6 is 0 Å². The normalized spacial score (nSPS) is 12.1. The van der Waals surface area contributed by atoms with Gasteiger partial charge in [-0.15, -0.1) is 0 Å². The number of rotatable bonds is 92. The number of esters is 4. The molecule has 0 aromatic rings. The molecule has 0 aliphatic heterocycles. The highest BCUT2D eigenvalue weighted by Gasteiger charge is 2.25. The maximum absolute atomic E-state index is 14.0. The van der Waals surface area contributed by atoms with Crippen LogP contribution in [0.25, 0.3) is 0 Å². The van der Waals surface area contributed by atoms with Crippen molar-refractivity contribution in [2.75, 3.05) is 105 Å². The minimum atomic E-state index is -0.997. The summed E-state index contributed by atoms with van der Waals surface area (Å²) in [5, 5.41) is 5.68. The van der Waals surface area contributed by atoms with Crippen LogP contribution in [0.1, 0.15) is 394 Å². The molecule has 0 unspecified atom stereocenters. The number of carbonyl (C=O) groups is 9. The number of nitrogens with one attached hydrogen (secondary N) is 2. The molecule has 2 N–H and O–H groups in total. The molecule has 123 heavy (non-hydrogen) atoms. The molecule has 1 atom stereocenters. The number of nitrogens with zero attached hydrogens (tertiary/aromatic N) is 2. The summed E-state index contributed by atoms with van der Waals surface area (Å²) >= 11 is 0. The first-order valence-electron chi connectivity index (χ1n) is 49.5. The summed E-state index contributed by atoms with van der Waals surface area (Å²) in [6.45, 7) is 13.6. The first-order valence-corrected chi connectivity index (χ1v) is 49.5. The largest absolute Gasteiger partial charge is 0.464 e. The van der Waals surface area contributed by atoms with Crippen molar-refractivity contribution in [3.8, 4) is 0 Å². The van der Waals surface area contributed by atoms with E-state index in [1.165, 1.54) is 86.8 Å². The number of ether oxygens (including phenoxy) is 7. The summed E-state index contributed by atoms with van der Waals surface area (Å²) in [5.74, 6) is -4.43. The third-order valence-electron chi connectivity index (χ3n) is 21.2. The van der Waals surface area contributed by atoms with Gasteiger partial charge in [-0.05, 0) is 173 Å². The molecule has 0 fully saturated rings. The van der Waals surface area contributed by atoms with Gasteiger partial charge in [0.25, 0.3) is 0 Å². The maximum Gasteiger partial charge on any atom is 0.305 e. The first kappa shape index (κ1) is 116. The number of carbonyl (C=O) groups excluding carboxylic acids is 9. The van der Waals surface area contributed by atoms with Gasteiger partial charge in [-0.2, -0.15) is 0 Å². The van der Waals surface area contributed by atoms with Crippen LogP contribution in [0.4, 0.5) is 0 Å². The average Bonchev–Trinajstić information content (AvgIpc) is 0.912. The summed E-state index contributed by atoms with van der Waals surface area (Å²) in [6.07, 6.45) is 84.6. The molecule has 4 amide bonds. The van der Waals surface area contributed by atoms with Gasteiger partial charge in [0.1, 0.15) is 32.2 Å². The van der Waals surface area contributed by atoms with Crippen LogP contribution in [0.2, 0.25) is 0 Å². The molecule has 0 rings (SSSR count). The van der Waals surface area contributed by atoms with Gasteiger partial charge >= 0.3 is 23.9 Å². The minimum absolute atomic E-state index is 0.0256. The van der Waals surface area contributed by atoms with Gasteiger partial charge in [0, 0.05) is 84.1 Å². The molecule has 0 bridgehead atoms. The molecule has 0 saturated carbocycles. The van der Waals surface area contributed by atoms with E-state index < -0.39 is 23.6 Å². The van der Waals surface area contributed by atoms with Gasteiger partial charge in [-0.3, -0.25) is 43.2 Å². The van der Waals surface area contributed by atoms with Crippen molar-refractivity contribution in [2.45, 2.75) is 394 Å².